The van der Waals surface area contributed by atoms with E-state index in [9.17, 15) is 4.79 Å². The van der Waals surface area contributed by atoms with Gasteiger partial charge in [-0.3, -0.25) is 9.48 Å². The lowest BCUT2D eigenvalue weighted by Crippen LogP contribution is -2.46. The largest absolute Gasteiger partial charge is 0.334 e. The normalized spacial score (nSPS) is 15.8. The molecular weight excluding hydrogens is 276 g/mol. The van der Waals surface area contributed by atoms with Gasteiger partial charge in [-0.2, -0.15) is 5.10 Å². The SMILES string of the molecule is CCCN(C(=O)c1cc(C)n(C)n1)C1CCNCC1.Cl. The molecule has 0 bridgehead atoms. The number of nitrogens with zero attached hydrogens (tertiary/aromatic N) is 3. The maximum atomic E-state index is 12.6. The summed E-state index contributed by atoms with van der Waals surface area (Å²) in [5, 5.41) is 7.66. The van der Waals surface area contributed by atoms with Crippen molar-refractivity contribution < 1.29 is 4.79 Å². The molecule has 0 saturated carbocycles. The van der Waals surface area contributed by atoms with E-state index in [4.69, 9.17) is 0 Å². The third kappa shape index (κ3) is 3.73. The fourth-order valence-electron chi connectivity index (χ4n) is 2.62. The zero-order valence-corrected chi connectivity index (χ0v) is 13.4. The molecule has 1 aliphatic heterocycles. The average Bonchev–Trinajstić information content (AvgIpc) is 2.76. The third-order valence-electron chi connectivity index (χ3n) is 3.81. The van der Waals surface area contributed by atoms with Gasteiger partial charge in [0.15, 0.2) is 5.69 Å². The maximum absolute atomic E-state index is 12.6. The van der Waals surface area contributed by atoms with Crippen LogP contribution in [0.5, 0.6) is 0 Å². The fraction of sp³-hybridized carbons (Fsp3) is 0.714. The molecule has 0 aliphatic carbocycles. The monoisotopic (exact) mass is 300 g/mol. The maximum Gasteiger partial charge on any atom is 0.274 e. The molecule has 0 atom stereocenters. The van der Waals surface area contributed by atoms with Crippen LogP contribution in [-0.4, -0.2) is 46.3 Å². The minimum atomic E-state index is 0. The van der Waals surface area contributed by atoms with E-state index in [0.29, 0.717) is 11.7 Å². The van der Waals surface area contributed by atoms with Crippen molar-refractivity contribution in [2.45, 2.75) is 39.2 Å². The number of carbonyl (C=O) groups excluding carboxylic acids is 1. The number of halogens is 1. The van der Waals surface area contributed by atoms with E-state index < -0.39 is 0 Å². The average molecular weight is 301 g/mol. The van der Waals surface area contributed by atoms with Crippen molar-refractivity contribution in [3.8, 4) is 0 Å². The second-order valence-corrected chi connectivity index (χ2v) is 5.27. The van der Waals surface area contributed by atoms with Gasteiger partial charge in [0.1, 0.15) is 0 Å². The molecule has 6 heteroatoms. The number of amides is 1. The Labute approximate surface area is 127 Å². The number of aromatic nitrogens is 2. The lowest BCUT2D eigenvalue weighted by atomic mass is 10.0. The van der Waals surface area contributed by atoms with E-state index in [1.165, 1.54) is 0 Å². The Balaban J connectivity index is 0.00000200. The molecule has 1 N–H and O–H groups in total. The molecule has 0 aromatic carbocycles. The Morgan fingerprint density at radius 1 is 1.50 bits per heavy atom. The highest BCUT2D eigenvalue weighted by atomic mass is 35.5. The summed E-state index contributed by atoms with van der Waals surface area (Å²) in [7, 11) is 1.88. The first-order chi connectivity index (χ1) is 9.13. The molecule has 2 rings (SSSR count). The van der Waals surface area contributed by atoms with Crippen LogP contribution < -0.4 is 5.32 Å². The predicted molar refractivity (Wildman–Crippen MR) is 82.4 cm³/mol. The summed E-state index contributed by atoms with van der Waals surface area (Å²) in [6.45, 7) is 6.90. The van der Waals surface area contributed by atoms with E-state index in [1.807, 2.05) is 24.9 Å². The zero-order chi connectivity index (χ0) is 13.8. The van der Waals surface area contributed by atoms with Crippen LogP contribution in [0.25, 0.3) is 0 Å². The molecule has 0 spiro atoms. The van der Waals surface area contributed by atoms with Gasteiger partial charge in [0, 0.05) is 25.3 Å². The number of hydrogen-bond acceptors (Lipinski definition) is 3. The Kier molecular flexibility index (Phi) is 6.49. The van der Waals surface area contributed by atoms with Crippen molar-refractivity contribution in [3.05, 3.63) is 17.5 Å². The van der Waals surface area contributed by atoms with Crippen LogP contribution in [0.3, 0.4) is 0 Å². The van der Waals surface area contributed by atoms with Crippen molar-refractivity contribution >= 4 is 18.3 Å². The van der Waals surface area contributed by atoms with Gasteiger partial charge in [-0.1, -0.05) is 6.92 Å². The summed E-state index contributed by atoms with van der Waals surface area (Å²) in [6, 6.07) is 2.24. The van der Waals surface area contributed by atoms with Crippen LogP contribution in [0.15, 0.2) is 6.07 Å². The van der Waals surface area contributed by atoms with Gasteiger partial charge in [0.05, 0.1) is 0 Å². The number of nitrogens with one attached hydrogen (secondary N) is 1. The van der Waals surface area contributed by atoms with Gasteiger partial charge in [-0.15, -0.1) is 12.4 Å². The minimum absolute atomic E-state index is 0. The predicted octanol–water partition coefficient (Wildman–Crippen LogP) is 1.75. The smallest absolute Gasteiger partial charge is 0.274 e. The van der Waals surface area contributed by atoms with Crippen LogP contribution >= 0.6 is 12.4 Å². The third-order valence-corrected chi connectivity index (χ3v) is 3.81. The second-order valence-electron chi connectivity index (χ2n) is 5.27. The Morgan fingerprint density at radius 2 is 2.15 bits per heavy atom. The molecule has 1 aromatic heterocycles. The molecule has 2 heterocycles. The summed E-state index contributed by atoms with van der Waals surface area (Å²) in [4.78, 5) is 14.6. The van der Waals surface area contributed by atoms with Gasteiger partial charge in [-0.05, 0) is 45.3 Å². The van der Waals surface area contributed by atoms with E-state index in [0.717, 1.165) is 44.6 Å². The van der Waals surface area contributed by atoms with Crippen molar-refractivity contribution in [1.29, 1.82) is 0 Å². The Hall–Kier alpha value is -1.07. The standard InChI is InChI=1S/C14H24N4O.ClH/c1-4-9-18(12-5-7-15-8-6-12)14(19)13-10-11(2)17(3)16-13;/h10,12,15H,4-9H2,1-3H3;1H. The van der Waals surface area contributed by atoms with Gasteiger partial charge in [0.2, 0.25) is 0 Å². The van der Waals surface area contributed by atoms with Crippen LogP contribution in [-0.2, 0) is 7.05 Å². The summed E-state index contributed by atoms with van der Waals surface area (Å²) in [5.41, 5.74) is 1.59. The first-order valence-electron chi connectivity index (χ1n) is 7.15. The number of hydrogen-bond donors (Lipinski definition) is 1. The minimum Gasteiger partial charge on any atom is -0.334 e. The number of rotatable bonds is 4. The molecule has 1 aliphatic rings. The molecule has 1 saturated heterocycles. The molecule has 1 amide bonds. The van der Waals surface area contributed by atoms with E-state index in [2.05, 4.69) is 17.3 Å². The van der Waals surface area contributed by atoms with E-state index in [-0.39, 0.29) is 18.3 Å². The number of aryl methyl sites for hydroxylation is 2. The lowest BCUT2D eigenvalue weighted by Gasteiger charge is -2.34. The fourth-order valence-corrected chi connectivity index (χ4v) is 2.62. The first kappa shape index (κ1) is 17.0. The lowest BCUT2D eigenvalue weighted by molar-refractivity contribution is 0.0636. The van der Waals surface area contributed by atoms with Crippen molar-refractivity contribution in [2.75, 3.05) is 19.6 Å². The van der Waals surface area contributed by atoms with Crippen LogP contribution in [0.1, 0.15) is 42.4 Å². The molecule has 20 heavy (non-hydrogen) atoms. The molecule has 5 nitrogen and oxygen atoms in total. The van der Waals surface area contributed by atoms with Crippen LogP contribution in [0, 0.1) is 6.92 Å². The number of carbonyl (C=O) groups is 1. The highest BCUT2D eigenvalue weighted by molar-refractivity contribution is 5.92. The van der Waals surface area contributed by atoms with Gasteiger partial charge in [0.25, 0.3) is 5.91 Å². The quantitative estimate of drug-likeness (QED) is 0.922. The number of piperidine rings is 1. The first-order valence-corrected chi connectivity index (χ1v) is 7.15. The summed E-state index contributed by atoms with van der Waals surface area (Å²) in [5.74, 6) is 0.0810. The topological polar surface area (TPSA) is 50.2 Å². The van der Waals surface area contributed by atoms with Gasteiger partial charge >= 0.3 is 0 Å². The summed E-state index contributed by atoms with van der Waals surface area (Å²) in [6.07, 6.45) is 3.07. The highest BCUT2D eigenvalue weighted by Crippen LogP contribution is 2.16. The molecule has 0 radical (unpaired) electrons. The van der Waals surface area contributed by atoms with Crippen LogP contribution in [0.2, 0.25) is 0 Å². The molecule has 0 unspecified atom stereocenters. The van der Waals surface area contributed by atoms with Gasteiger partial charge < -0.3 is 10.2 Å². The van der Waals surface area contributed by atoms with E-state index >= 15 is 0 Å². The summed E-state index contributed by atoms with van der Waals surface area (Å²) >= 11 is 0. The summed E-state index contributed by atoms with van der Waals surface area (Å²) < 4.78 is 1.76. The molecule has 1 aromatic rings. The van der Waals surface area contributed by atoms with Crippen molar-refractivity contribution in [2.24, 2.45) is 7.05 Å². The Bertz CT molecular complexity index is 421. The van der Waals surface area contributed by atoms with E-state index in [1.54, 1.807) is 4.68 Å². The highest BCUT2D eigenvalue weighted by Gasteiger charge is 2.27. The van der Waals surface area contributed by atoms with Crippen LogP contribution in [0.4, 0.5) is 0 Å². The molecule has 114 valence electrons. The zero-order valence-electron chi connectivity index (χ0n) is 12.6. The Morgan fingerprint density at radius 3 is 2.65 bits per heavy atom. The second kappa shape index (κ2) is 7.64. The molecule has 1 fully saturated rings. The van der Waals surface area contributed by atoms with Crippen molar-refractivity contribution in [3.63, 3.8) is 0 Å². The van der Waals surface area contributed by atoms with Gasteiger partial charge in [-0.25, -0.2) is 0 Å². The van der Waals surface area contributed by atoms with Crippen molar-refractivity contribution in [1.82, 2.24) is 20.0 Å². The molecular formula is C14H25ClN4O.